The Balaban J connectivity index is 1.46. The van der Waals surface area contributed by atoms with E-state index >= 15 is 0 Å². The fourth-order valence-electron chi connectivity index (χ4n) is 2.93. The van der Waals surface area contributed by atoms with Gasteiger partial charge in [-0.1, -0.05) is 11.2 Å². The zero-order valence-electron chi connectivity index (χ0n) is 14.8. The van der Waals surface area contributed by atoms with Crippen LogP contribution in [0.25, 0.3) is 11.6 Å². The lowest BCUT2D eigenvalue weighted by atomic mass is 9.98. The molecule has 1 amide bonds. The zero-order chi connectivity index (χ0) is 18.8. The molecule has 138 valence electrons. The highest BCUT2D eigenvalue weighted by atomic mass is 16.5. The molecule has 1 aromatic carbocycles. The van der Waals surface area contributed by atoms with Crippen LogP contribution >= 0.6 is 0 Å². The van der Waals surface area contributed by atoms with Crippen molar-refractivity contribution in [1.29, 1.82) is 0 Å². The molecule has 0 unspecified atom stereocenters. The maximum atomic E-state index is 12.8. The minimum Gasteiger partial charge on any atom is -0.493 e. The summed E-state index contributed by atoms with van der Waals surface area (Å²) in [5.74, 6) is 2.01. The van der Waals surface area contributed by atoms with Crippen molar-refractivity contribution in [2.24, 2.45) is 0 Å². The highest BCUT2D eigenvalue weighted by Gasteiger charge is 2.37. The first-order valence-electron chi connectivity index (χ1n) is 8.32. The van der Waals surface area contributed by atoms with Crippen molar-refractivity contribution in [1.82, 2.24) is 25.0 Å². The van der Waals surface area contributed by atoms with Crippen LogP contribution in [0, 0.1) is 0 Å². The third-order valence-corrected chi connectivity index (χ3v) is 4.36. The molecule has 9 nitrogen and oxygen atoms in total. The van der Waals surface area contributed by atoms with Crippen LogP contribution in [0.3, 0.4) is 0 Å². The maximum absolute atomic E-state index is 12.8. The van der Waals surface area contributed by atoms with Crippen molar-refractivity contribution in [3.63, 3.8) is 0 Å². The molecule has 27 heavy (non-hydrogen) atoms. The highest BCUT2D eigenvalue weighted by Crippen LogP contribution is 2.34. The second-order valence-electron chi connectivity index (χ2n) is 5.98. The summed E-state index contributed by atoms with van der Waals surface area (Å²) in [6.45, 7) is 0.965. The molecule has 0 spiro atoms. The molecule has 1 aliphatic heterocycles. The summed E-state index contributed by atoms with van der Waals surface area (Å²) < 4.78 is 15.9. The Bertz CT molecular complexity index is 953. The van der Waals surface area contributed by atoms with Gasteiger partial charge < -0.3 is 18.9 Å². The lowest BCUT2D eigenvalue weighted by Gasteiger charge is -2.37. The Labute approximate surface area is 155 Å². The van der Waals surface area contributed by atoms with E-state index in [4.69, 9.17) is 14.0 Å². The molecular formula is C18H17N5O4. The summed E-state index contributed by atoms with van der Waals surface area (Å²) in [5, 5.41) is 3.92. The van der Waals surface area contributed by atoms with Crippen LogP contribution in [0.4, 0.5) is 0 Å². The van der Waals surface area contributed by atoms with Crippen molar-refractivity contribution < 1.29 is 18.8 Å². The Morgan fingerprint density at radius 2 is 1.89 bits per heavy atom. The summed E-state index contributed by atoms with van der Waals surface area (Å²) in [6, 6.07) is 6.94. The minimum absolute atomic E-state index is 0.0180. The van der Waals surface area contributed by atoms with E-state index in [1.54, 1.807) is 41.6 Å². The van der Waals surface area contributed by atoms with Gasteiger partial charge in [-0.15, -0.1) is 0 Å². The maximum Gasteiger partial charge on any atom is 0.257 e. The van der Waals surface area contributed by atoms with Crippen LogP contribution in [0.1, 0.15) is 22.2 Å². The Morgan fingerprint density at radius 1 is 1.11 bits per heavy atom. The van der Waals surface area contributed by atoms with Gasteiger partial charge in [-0.25, -0.2) is 9.97 Å². The lowest BCUT2D eigenvalue weighted by molar-refractivity contribution is 0.0565. The van der Waals surface area contributed by atoms with Gasteiger partial charge in [0.1, 0.15) is 0 Å². The molecule has 2 aromatic heterocycles. The molecule has 0 bridgehead atoms. The summed E-state index contributed by atoms with van der Waals surface area (Å²) in [4.78, 5) is 27.0. The van der Waals surface area contributed by atoms with E-state index in [0.717, 1.165) is 0 Å². The molecule has 0 aliphatic carbocycles. The van der Waals surface area contributed by atoms with E-state index in [1.165, 1.54) is 14.2 Å². The van der Waals surface area contributed by atoms with Gasteiger partial charge in [0.15, 0.2) is 11.5 Å². The van der Waals surface area contributed by atoms with E-state index in [9.17, 15) is 4.79 Å². The summed E-state index contributed by atoms with van der Waals surface area (Å²) in [5.41, 5.74) is 0.458. The molecule has 0 radical (unpaired) electrons. The first kappa shape index (κ1) is 17.0. The molecule has 3 aromatic rings. The molecule has 1 aliphatic rings. The Hall–Kier alpha value is -3.49. The van der Waals surface area contributed by atoms with Gasteiger partial charge >= 0.3 is 0 Å². The van der Waals surface area contributed by atoms with Crippen LogP contribution in [0.15, 0.2) is 41.2 Å². The number of para-hydroxylation sites is 1. The standard InChI is InChI=1S/C18H17N5O4/c1-25-13-6-3-5-12(14(13)26-2)18(24)23-9-11(10-23)17-21-16(22-27-17)15-19-7-4-8-20-15/h3-8,11H,9-10H2,1-2H3. The first-order valence-corrected chi connectivity index (χ1v) is 8.32. The number of nitrogens with zero attached hydrogens (tertiary/aromatic N) is 5. The number of aromatic nitrogens is 4. The van der Waals surface area contributed by atoms with Gasteiger partial charge in [0.25, 0.3) is 5.91 Å². The quantitative estimate of drug-likeness (QED) is 0.672. The van der Waals surface area contributed by atoms with Crippen LogP contribution in [-0.2, 0) is 0 Å². The Morgan fingerprint density at radius 3 is 2.59 bits per heavy atom. The number of carbonyl (C=O) groups excluding carboxylic acids is 1. The smallest absolute Gasteiger partial charge is 0.257 e. The monoisotopic (exact) mass is 367 g/mol. The van der Waals surface area contributed by atoms with Crippen molar-refractivity contribution in [3.05, 3.63) is 48.1 Å². The molecule has 0 atom stereocenters. The van der Waals surface area contributed by atoms with Crippen molar-refractivity contribution in [2.75, 3.05) is 27.3 Å². The van der Waals surface area contributed by atoms with Gasteiger partial charge in [-0.3, -0.25) is 4.79 Å². The van der Waals surface area contributed by atoms with E-state index in [2.05, 4.69) is 20.1 Å². The number of benzene rings is 1. The second kappa shape index (κ2) is 7.02. The number of rotatable bonds is 5. The van der Waals surface area contributed by atoms with Crippen LogP contribution in [0.2, 0.25) is 0 Å². The van der Waals surface area contributed by atoms with Gasteiger partial charge in [-0.05, 0) is 18.2 Å². The molecule has 1 fully saturated rings. The molecule has 0 N–H and O–H groups in total. The predicted molar refractivity (Wildman–Crippen MR) is 93.5 cm³/mol. The highest BCUT2D eigenvalue weighted by molar-refractivity contribution is 5.98. The Kier molecular flexibility index (Phi) is 4.41. The summed E-state index contributed by atoms with van der Waals surface area (Å²) in [7, 11) is 3.05. The lowest BCUT2D eigenvalue weighted by Crippen LogP contribution is -2.48. The fraction of sp³-hybridized carbons (Fsp3) is 0.278. The summed E-state index contributed by atoms with van der Waals surface area (Å²) in [6.07, 6.45) is 3.23. The number of carbonyl (C=O) groups is 1. The SMILES string of the molecule is COc1cccc(C(=O)N2CC(c3nc(-c4ncccn4)no3)C2)c1OC. The van der Waals surface area contributed by atoms with Crippen LogP contribution < -0.4 is 9.47 Å². The number of likely N-dealkylation sites (tertiary alicyclic amines) is 1. The van der Waals surface area contributed by atoms with Gasteiger partial charge in [0, 0.05) is 25.5 Å². The second-order valence-corrected chi connectivity index (χ2v) is 5.98. The molecule has 0 saturated carbocycles. The number of hydrogen-bond donors (Lipinski definition) is 0. The molecular weight excluding hydrogens is 350 g/mol. The molecule has 9 heteroatoms. The number of methoxy groups -OCH3 is 2. The van der Waals surface area contributed by atoms with E-state index in [1.807, 2.05) is 0 Å². The van der Waals surface area contributed by atoms with Gasteiger partial charge in [0.05, 0.1) is 25.7 Å². The van der Waals surface area contributed by atoms with Crippen molar-refractivity contribution >= 4 is 5.91 Å². The average Bonchev–Trinajstić information content (AvgIpc) is 3.16. The summed E-state index contributed by atoms with van der Waals surface area (Å²) >= 11 is 0. The fourth-order valence-corrected chi connectivity index (χ4v) is 2.93. The topological polar surface area (TPSA) is 103 Å². The predicted octanol–water partition coefficient (Wildman–Crippen LogP) is 1.78. The molecule has 3 heterocycles. The third kappa shape index (κ3) is 3.07. The average molecular weight is 367 g/mol. The van der Waals surface area contributed by atoms with Crippen molar-refractivity contribution in [2.45, 2.75) is 5.92 Å². The van der Waals surface area contributed by atoms with E-state index < -0.39 is 0 Å². The minimum atomic E-state index is -0.131. The van der Waals surface area contributed by atoms with E-state index in [0.29, 0.717) is 47.7 Å². The number of hydrogen-bond acceptors (Lipinski definition) is 8. The largest absolute Gasteiger partial charge is 0.493 e. The normalized spacial score (nSPS) is 13.9. The van der Waals surface area contributed by atoms with Gasteiger partial charge in [-0.2, -0.15) is 4.98 Å². The van der Waals surface area contributed by atoms with Crippen LogP contribution in [-0.4, -0.2) is 58.2 Å². The number of ether oxygens (including phenoxy) is 2. The zero-order valence-corrected chi connectivity index (χ0v) is 14.8. The molecule has 1 saturated heterocycles. The first-order chi connectivity index (χ1) is 13.2. The van der Waals surface area contributed by atoms with Crippen LogP contribution in [0.5, 0.6) is 11.5 Å². The number of amides is 1. The van der Waals surface area contributed by atoms with Crippen molar-refractivity contribution in [3.8, 4) is 23.1 Å². The van der Waals surface area contributed by atoms with E-state index in [-0.39, 0.29) is 11.8 Å². The third-order valence-electron chi connectivity index (χ3n) is 4.36. The van der Waals surface area contributed by atoms with Gasteiger partial charge in [0.2, 0.25) is 17.5 Å². The molecule has 4 rings (SSSR count).